The highest BCUT2D eigenvalue weighted by Gasteiger charge is 2.37. The van der Waals surface area contributed by atoms with Crippen molar-refractivity contribution in [1.29, 1.82) is 0 Å². The molecule has 214 valence electrons. The fraction of sp³-hybridized carbons (Fsp3) is 0.269. The van der Waals surface area contributed by atoms with Gasteiger partial charge >= 0.3 is 0 Å². The standard InChI is InChI=1S/C26H25BrFN7O5S/c27-18-13-30-26(33-23(18)32-20-9-3-8-19(28)21(20)22(29)36)31-15-5-4-10-34(14-15)41(39,40)12-11-35-24(37)16-6-1-2-7-17(16)25(35)38/h1-3,6-9,13,15H,4-5,10-12,14H2,(H2,29,36)(H2,30,31,32,33). The van der Waals surface area contributed by atoms with Crippen LogP contribution in [0.15, 0.2) is 53.1 Å². The van der Waals surface area contributed by atoms with Gasteiger partial charge in [-0.15, -0.1) is 0 Å². The van der Waals surface area contributed by atoms with Crippen LogP contribution in [0.5, 0.6) is 0 Å². The molecule has 1 saturated heterocycles. The number of hydrogen-bond acceptors (Lipinski definition) is 9. The number of rotatable bonds is 9. The fourth-order valence-corrected chi connectivity index (χ4v) is 6.58. The van der Waals surface area contributed by atoms with Crippen molar-refractivity contribution in [2.24, 2.45) is 5.73 Å². The zero-order chi connectivity index (χ0) is 29.3. The van der Waals surface area contributed by atoms with E-state index in [0.29, 0.717) is 23.9 Å². The molecule has 2 aliphatic rings. The molecule has 0 bridgehead atoms. The Labute approximate surface area is 243 Å². The molecule has 1 aromatic heterocycles. The molecule has 4 N–H and O–H groups in total. The molecule has 0 spiro atoms. The van der Waals surface area contributed by atoms with E-state index in [-0.39, 0.29) is 53.3 Å². The number of amides is 3. The van der Waals surface area contributed by atoms with Crippen LogP contribution < -0.4 is 16.4 Å². The first-order valence-corrected chi connectivity index (χ1v) is 15.0. The Morgan fingerprint density at radius 1 is 1.12 bits per heavy atom. The van der Waals surface area contributed by atoms with Crippen molar-refractivity contribution in [1.82, 2.24) is 19.2 Å². The molecule has 12 nitrogen and oxygen atoms in total. The number of anilines is 3. The predicted molar refractivity (Wildman–Crippen MR) is 152 cm³/mol. The number of carbonyl (C=O) groups is 3. The molecule has 3 aromatic rings. The molecular weight excluding hydrogens is 621 g/mol. The minimum Gasteiger partial charge on any atom is -0.365 e. The molecule has 41 heavy (non-hydrogen) atoms. The number of halogens is 2. The van der Waals surface area contributed by atoms with Crippen LogP contribution in [0.2, 0.25) is 0 Å². The molecule has 3 amide bonds. The average molecular weight is 646 g/mol. The number of aromatic nitrogens is 2. The van der Waals surface area contributed by atoms with E-state index in [2.05, 4.69) is 36.5 Å². The van der Waals surface area contributed by atoms with E-state index < -0.39 is 39.3 Å². The number of hydrogen-bond donors (Lipinski definition) is 3. The lowest BCUT2D eigenvalue weighted by molar-refractivity contribution is 0.0663. The molecule has 0 aliphatic carbocycles. The minimum atomic E-state index is -3.80. The Morgan fingerprint density at radius 2 is 1.83 bits per heavy atom. The van der Waals surface area contributed by atoms with Gasteiger partial charge in [0.15, 0.2) is 0 Å². The molecule has 2 aromatic carbocycles. The molecule has 3 heterocycles. The highest BCUT2D eigenvalue weighted by atomic mass is 79.9. The van der Waals surface area contributed by atoms with Crippen molar-refractivity contribution >= 4 is 61.1 Å². The number of benzene rings is 2. The van der Waals surface area contributed by atoms with Crippen molar-refractivity contribution < 1.29 is 27.2 Å². The van der Waals surface area contributed by atoms with Gasteiger partial charge in [-0.3, -0.25) is 19.3 Å². The molecule has 1 atom stereocenters. The van der Waals surface area contributed by atoms with E-state index in [0.717, 1.165) is 11.0 Å². The van der Waals surface area contributed by atoms with Gasteiger partial charge in [-0.1, -0.05) is 18.2 Å². The summed E-state index contributed by atoms with van der Waals surface area (Å²) in [5, 5.41) is 6.02. The van der Waals surface area contributed by atoms with Gasteiger partial charge in [0.05, 0.1) is 32.6 Å². The molecule has 1 unspecified atom stereocenters. The lowest BCUT2D eigenvalue weighted by Gasteiger charge is -2.32. The van der Waals surface area contributed by atoms with Crippen molar-refractivity contribution in [3.63, 3.8) is 0 Å². The summed E-state index contributed by atoms with van der Waals surface area (Å²) in [7, 11) is -3.80. The summed E-state index contributed by atoms with van der Waals surface area (Å²) >= 11 is 3.33. The molecule has 0 saturated carbocycles. The average Bonchev–Trinajstić information content (AvgIpc) is 3.18. The van der Waals surface area contributed by atoms with Gasteiger partial charge < -0.3 is 16.4 Å². The first kappa shape index (κ1) is 28.6. The Bertz CT molecular complexity index is 1620. The number of nitrogens with two attached hydrogens (primary N) is 1. The van der Waals surface area contributed by atoms with Gasteiger partial charge in [0, 0.05) is 31.9 Å². The third-order valence-electron chi connectivity index (χ3n) is 6.82. The minimum absolute atomic E-state index is 0.121. The number of fused-ring (bicyclic) bond motifs is 1. The lowest BCUT2D eigenvalue weighted by Crippen LogP contribution is -2.47. The quantitative estimate of drug-likeness (QED) is 0.296. The van der Waals surface area contributed by atoms with E-state index in [1.807, 2.05) is 0 Å². The van der Waals surface area contributed by atoms with E-state index in [1.54, 1.807) is 24.3 Å². The molecular formula is C26H25BrFN7O5S. The maximum atomic E-state index is 14.2. The zero-order valence-electron chi connectivity index (χ0n) is 21.5. The van der Waals surface area contributed by atoms with Crippen LogP contribution in [0.25, 0.3) is 0 Å². The van der Waals surface area contributed by atoms with Crippen LogP contribution >= 0.6 is 15.9 Å². The summed E-state index contributed by atoms with van der Waals surface area (Å²) in [6.45, 7) is 0.177. The van der Waals surface area contributed by atoms with Crippen molar-refractivity contribution in [3.8, 4) is 0 Å². The van der Waals surface area contributed by atoms with Crippen molar-refractivity contribution in [3.05, 3.63) is 75.6 Å². The van der Waals surface area contributed by atoms with Crippen LogP contribution in [0.1, 0.15) is 43.9 Å². The molecule has 2 aliphatic heterocycles. The first-order chi connectivity index (χ1) is 19.5. The van der Waals surface area contributed by atoms with Crippen LogP contribution in [-0.4, -0.2) is 76.7 Å². The summed E-state index contributed by atoms with van der Waals surface area (Å²) in [5.41, 5.74) is 5.67. The van der Waals surface area contributed by atoms with Crippen molar-refractivity contribution in [2.45, 2.75) is 18.9 Å². The smallest absolute Gasteiger partial charge is 0.261 e. The van der Waals surface area contributed by atoms with E-state index in [1.165, 1.54) is 22.6 Å². The van der Waals surface area contributed by atoms with Crippen LogP contribution in [0.4, 0.5) is 21.8 Å². The Balaban J connectivity index is 1.24. The Hall–Kier alpha value is -3.95. The maximum Gasteiger partial charge on any atom is 0.261 e. The number of piperidine rings is 1. The Kier molecular flexibility index (Phi) is 8.02. The molecule has 0 radical (unpaired) electrons. The third-order valence-corrected chi connectivity index (χ3v) is 9.22. The summed E-state index contributed by atoms with van der Waals surface area (Å²) in [6.07, 6.45) is 2.67. The largest absolute Gasteiger partial charge is 0.365 e. The topological polar surface area (TPSA) is 168 Å². The van der Waals surface area contributed by atoms with Gasteiger partial charge in [-0.25, -0.2) is 17.8 Å². The highest BCUT2D eigenvalue weighted by Crippen LogP contribution is 2.28. The van der Waals surface area contributed by atoms with Gasteiger partial charge in [0.1, 0.15) is 11.6 Å². The summed E-state index contributed by atoms with van der Waals surface area (Å²) in [6, 6.07) is 10.1. The normalized spacial score (nSPS) is 17.4. The highest BCUT2D eigenvalue weighted by molar-refractivity contribution is 9.10. The zero-order valence-corrected chi connectivity index (χ0v) is 23.9. The summed E-state index contributed by atoms with van der Waals surface area (Å²) in [5.74, 6) is -2.71. The third kappa shape index (κ3) is 5.92. The van der Waals surface area contributed by atoms with E-state index in [9.17, 15) is 27.2 Å². The predicted octanol–water partition coefficient (Wildman–Crippen LogP) is 2.72. The van der Waals surface area contributed by atoms with E-state index in [4.69, 9.17) is 5.73 Å². The monoisotopic (exact) mass is 645 g/mol. The number of carbonyl (C=O) groups excluding carboxylic acids is 3. The molecule has 15 heteroatoms. The lowest BCUT2D eigenvalue weighted by atomic mass is 10.1. The first-order valence-electron chi connectivity index (χ1n) is 12.6. The van der Waals surface area contributed by atoms with Crippen molar-refractivity contribution in [2.75, 3.05) is 36.0 Å². The van der Waals surface area contributed by atoms with Crippen LogP contribution in [0.3, 0.4) is 0 Å². The van der Waals surface area contributed by atoms with Crippen LogP contribution in [-0.2, 0) is 10.0 Å². The van der Waals surface area contributed by atoms with Gasteiger partial charge in [-0.2, -0.15) is 9.29 Å². The summed E-state index contributed by atoms with van der Waals surface area (Å²) < 4.78 is 42.3. The van der Waals surface area contributed by atoms with Gasteiger partial charge in [-0.05, 0) is 53.0 Å². The second-order valence-electron chi connectivity index (χ2n) is 9.51. The fourth-order valence-electron chi connectivity index (χ4n) is 4.80. The van der Waals surface area contributed by atoms with Gasteiger partial charge in [0.2, 0.25) is 16.0 Å². The second kappa shape index (κ2) is 11.5. The number of sulfonamides is 1. The molecule has 1 fully saturated rings. The van der Waals surface area contributed by atoms with Gasteiger partial charge in [0.25, 0.3) is 17.7 Å². The number of nitrogens with one attached hydrogen (secondary N) is 2. The second-order valence-corrected chi connectivity index (χ2v) is 12.4. The summed E-state index contributed by atoms with van der Waals surface area (Å²) in [4.78, 5) is 46.6. The molecule has 5 rings (SSSR count). The Morgan fingerprint density at radius 3 is 2.51 bits per heavy atom. The maximum absolute atomic E-state index is 14.2. The number of nitrogens with zero attached hydrogens (tertiary/aromatic N) is 4. The SMILES string of the molecule is NC(=O)c1c(F)cccc1Nc1nc(NC2CCCN(S(=O)(=O)CCN3C(=O)c4ccccc4C3=O)C2)ncc1Br. The van der Waals surface area contributed by atoms with E-state index >= 15 is 0 Å². The number of primary amides is 1. The van der Waals surface area contributed by atoms with Crippen LogP contribution in [0, 0.1) is 5.82 Å². The number of imide groups is 1.